The van der Waals surface area contributed by atoms with Gasteiger partial charge in [0.15, 0.2) is 0 Å². The zero-order chi connectivity index (χ0) is 10.1. The summed E-state index contributed by atoms with van der Waals surface area (Å²) < 4.78 is 5.02. The van der Waals surface area contributed by atoms with E-state index in [4.69, 9.17) is 4.74 Å². The van der Waals surface area contributed by atoms with Crippen LogP contribution in [0, 0.1) is 13.8 Å². The van der Waals surface area contributed by atoms with Gasteiger partial charge in [0.2, 0.25) is 0 Å². The molecule has 2 rings (SSSR count). The van der Waals surface area contributed by atoms with Gasteiger partial charge in [0.05, 0.1) is 11.0 Å². The van der Waals surface area contributed by atoms with Crippen molar-refractivity contribution in [2.45, 2.75) is 20.5 Å². The Morgan fingerprint density at radius 2 is 2.00 bits per heavy atom. The van der Waals surface area contributed by atoms with Crippen LogP contribution in [0.25, 0.3) is 11.0 Å². The van der Waals surface area contributed by atoms with Crippen LogP contribution in [0.15, 0.2) is 12.1 Å². The Kier molecular flexibility index (Phi) is 2.25. The fourth-order valence-electron chi connectivity index (χ4n) is 1.53. The van der Waals surface area contributed by atoms with Crippen LogP contribution in [0.2, 0.25) is 0 Å². The van der Waals surface area contributed by atoms with Crippen LogP contribution in [-0.4, -0.2) is 17.1 Å². The number of aromatic nitrogens is 2. The van der Waals surface area contributed by atoms with Crippen LogP contribution in [0.1, 0.15) is 17.0 Å². The first kappa shape index (κ1) is 9.21. The Hall–Kier alpha value is -1.35. The topological polar surface area (TPSA) is 37.9 Å². The number of rotatable bonds is 2. The van der Waals surface area contributed by atoms with E-state index in [1.807, 2.05) is 0 Å². The summed E-state index contributed by atoms with van der Waals surface area (Å²) in [5.41, 5.74) is 4.65. The minimum atomic E-state index is 0.534. The second kappa shape index (κ2) is 3.42. The summed E-state index contributed by atoms with van der Waals surface area (Å²) in [5.74, 6) is 0.882. The first-order valence-corrected chi connectivity index (χ1v) is 4.65. The molecular weight excluding hydrogens is 176 g/mol. The van der Waals surface area contributed by atoms with Crippen LogP contribution in [0.3, 0.4) is 0 Å². The number of nitrogens with zero attached hydrogens (tertiary/aromatic N) is 1. The lowest BCUT2D eigenvalue weighted by Crippen LogP contribution is -1.88. The van der Waals surface area contributed by atoms with E-state index in [1.165, 1.54) is 11.1 Å². The summed E-state index contributed by atoms with van der Waals surface area (Å²) in [4.78, 5) is 7.65. The molecule has 0 aliphatic heterocycles. The largest absolute Gasteiger partial charge is 0.377 e. The summed E-state index contributed by atoms with van der Waals surface area (Å²) in [7, 11) is 1.67. The van der Waals surface area contributed by atoms with E-state index in [9.17, 15) is 0 Å². The van der Waals surface area contributed by atoms with Crippen molar-refractivity contribution in [3.8, 4) is 0 Å². The minimum absolute atomic E-state index is 0.534. The van der Waals surface area contributed by atoms with Gasteiger partial charge in [-0.1, -0.05) is 0 Å². The van der Waals surface area contributed by atoms with Crippen molar-refractivity contribution >= 4 is 11.0 Å². The van der Waals surface area contributed by atoms with Gasteiger partial charge in [-0.05, 0) is 37.1 Å². The summed E-state index contributed by atoms with van der Waals surface area (Å²) in [6.45, 7) is 4.73. The van der Waals surface area contributed by atoms with E-state index in [2.05, 4.69) is 35.9 Å². The zero-order valence-electron chi connectivity index (χ0n) is 8.72. The molecule has 0 spiro atoms. The third kappa shape index (κ3) is 1.51. The molecule has 0 saturated heterocycles. The molecule has 74 valence electrons. The van der Waals surface area contributed by atoms with E-state index in [0.29, 0.717) is 6.61 Å². The molecule has 0 radical (unpaired) electrons. The van der Waals surface area contributed by atoms with Crippen LogP contribution < -0.4 is 0 Å². The van der Waals surface area contributed by atoms with Crippen LogP contribution in [0.4, 0.5) is 0 Å². The zero-order valence-corrected chi connectivity index (χ0v) is 8.72. The summed E-state index contributed by atoms with van der Waals surface area (Å²) in [6.07, 6.45) is 0. The van der Waals surface area contributed by atoms with Gasteiger partial charge < -0.3 is 9.72 Å². The van der Waals surface area contributed by atoms with E-state index < -0.39 is 0 Å². The third-order valence-corrected chi connectivity index (χ3v) is 2.43. The highest BCUT2D eigenvalue weighted by molar-refractivity contribution is 5.77. The Balaban J connectivity index is 2.54. The van der Waals surface area contributed by atoms with Gasteiger partial charge in [-0.2, -0.15) is 0 Å². The fraction of sp³-hybridized carbons (Fsp3) is 0.364. The number of imidazole rings is 1. The molecule has 0 aliphatic carbocycles. The van der Waals surface area contributed by atoms with Crippen LogP contribution in [-0.2, 0) is 11.3 Å². The Bertz CT molecular complexity index is 421. The maximum absolute atomic E-state index is 5.02. The van der Waals surface area contributed by atoms with Crippen molar-refractivity contribution in [1.29, 1.82) is 0 Å². The number of nitrogens with one attached hydrogen (secondary N) is 1. The summed E-state index contributed by atoms with van der Waals surface area (Å²) in [6, 6.07) is 4.22. The molecule has 0 atom stereocenters. The highest BCUT2D eigenvalue weighted by Gasteiger charge is 2.03. The van der Waals surface area contributed by atoms with Gasteiger partial charge in [0, 0.05) is 7.11 Å². The third-order valence-electron chi connectivity index (χ3n) is 2.43. The smallest absolute Gasteiger partial charge is 0.133 e. The molecule has 0 aliphatic rings. The lowest BCUT2D eigenvalue weighted by atomic mass is 10.1. The Labute approximate surface area is 83.1 Å². The van der Waals surface area contributed by atoms with Gasteiger partial charge in [-0.15, -0.1) is 0 Å². The van der Waals surface area contributed by atoms with Crippen molar-refractivity contribution in [1.82, 2.24) is 9.97 Å². The number of methoxy groups -OCH3 is 1. The van der Waals surface area contributed by atoms with E-state index in [0.717, 1.165) is 16.9 Å². The van der Waals surface area contributed by atoms with Crippen LogP contribution in [0.5, 0.6) is 0 Å². The maximum atomic E-state index is 5.02. The van der Waals surface area contributed by atoms with Crippen molar-refractivity contribution in [2.75, 3.05) is 7.11 Å². The van der Waals surface area contributed by atoms with Gasteiger partial charge in [-0.3, -0.25) is 0 Å². The summed E-state index contributed by atoms with van der Waals surface area (Å²) in [5, 5.41) is 0. The molecule has 0 saturated carbocycles. The van der Waals surface area contributed by atoms with Crippen LogP contribution >= 0.6 is 0 Å². The predicted octanol–water partition coefficient (Wildman–Crippen LogP) is 2.33. The molecule has 1 aromatic carbocycles. The first-order chi connectivity index (χ1) is 6.70. The van der Waals surface area contributed by atoms with Crippen molar-refractivity contribution in [3.05, 3.63) is 29.1 Å². The number of ether oxygens (including phenoxy) is 1. The highest BCUT2D eigenvalue weighted by atomic mass is 16.5. The molecule has 1 heterocycles. The van der Waals surface area contributed by atoms with Gasteiger partial charge in [0.1, 0.15) is 12.4 Å². The second-order valence-corrected chi connectivity index (χ2v) is 3.57. The average Bonchev–Trinajstić information content (AvgIpc) is 2.48. The molecule has 1 aromatic heterocycles. The first-order valence-electron chi connectivity index (χ1n) is 4.65. The number of aromatic amines is 1. The maximum Gasteiger partial charge on any atom is 0.133 e. The molecule has 0 amide bonds. The number of fused-ring (bicyclic) bond motifs is 1. The number of H-pyrrole nitrogens is 1. The Morgan fingerprint density at radius 3 is 2.71 bits per heavy atom. The molecule has 1 N–H and O–H groups in total. The fourth-order valence-corrected chi connectivity index (χ4v) is 1.53. The van der Waals surface area contributed by atoms with Gasteiger partial charge in [0.25, 0.3) is 0 Å². The number of hydrogen-bond acceptors (Lipinski definition) is 2. The average molecular weight is 190 g/mol. The minimum Gasteiger partial charge on any atom is -0.377 e. The lowest BCUT2D eigenvalue weighted by molar-refractivity contribution is 0.179. The lowest BCUT2D eigenvalue weighted by Gasteiger charge is -1.97. The van der Waals surface area contributed by atoms with Crippen molar-refractivity contribution in [2.24, 2.45) is 0 Å². The predicted molar refractivity (Wildman–Crippen MR) is 56.3 cm³/mol. The molecule has 0 bridgehead atoms. The van der Waals surface area contributed by atoms with Crippen molar-refractivity contribution < 1.29 is 4.74 Å². The molecular formula is C11H14N2O. The number of aryl methyl sites for hydroxylation is 2. The van der Waals surface area contributed by atoms with Gasteiger partial charge >= 0.3 is 0 Å². The second-order valence-electron chi connectivity index (χ2n) is 3.57. The number of hydrogen-bond donors (Lipinski definition) is 1. The normalized spacial score (nSPS) is 11.1. The van der Waals surface area contributed by atoms with Crippen molar-refractivity contribution in [3.63, 3.8) is 0 Å². The highest BCUT2D eigenvalue weighted by Crippen LogP contribution is 2.17. The standard InChI is InChI=1S/C11H14N2O/c1-7-4-9-10(5-8(7)2)13-11(12-9)6-14-3/h4-5H,6H2,1-3H3,(H,12,13). The van der Waals surface area contributed by atoms with E-state index in [1.54, 1.807) is 7.11 Å². The molecule has 0 fully saturated rings. The Morgan fingerprint density at radius 1 is 1.29 bits per heavy atom. The molecule has 3 heteroatoms. The summed E-state index contributed by atoms with van der Waals surface area (Å²) >= 11 is 0. The molecule has 14 heavy (non-hydrogen) atoms. The number of benzene rings is 1. The molecule has 2 aromatic rings. The van der Waals surface area contributed by atoms with E-state index in [-0.39, 0.29) is 0 Å². The molecule has 3 nitrogen and oxygen atoms in total. The van der Waals surface area contributed by atoms with E-state index >= 15 is 0 Å². The molecule has 0 unspecified atom stereocenters. The monoisotopic (exact) mass is 190 g/mol. The SMILES string of the molecule is COCc1nc2cc(C)c(C)cc2[nH]1. The quantitative estimate of drug-likeness (QED) is 0.789. The van der Waals surface area contributed by atoms with Gasteiger partial charge in [-0.25, -0.2) is 4.98 Å².